The third-order valence-corrected chi connectivity index (χ3v) is 3.92. The average Bonchev–Trinajstić information content (AvgIpc) is 3.09. The fourth-order valence-corrected chi connectivity index (χ4v) is 2.74. The Morgan fingerprint density at radius 3 is 2.33 bits per heavy atom. The molecular formula is C21H21NO2. The van der Waals surface area contributed by atoms with E-state index < -0.39 is 0 Å². The van der Waals surface area contributed by atoms with Gasteiger partial charge in [0.05, 0.1) is 12.7 Å². The van der Waals surface area contributed by atoms with E-state index in [-0.39, 0.29) is 11.9 Å². The summed E-state index contributed by atoms with van der Waals surface area (Å²) in [6.07, 6.45) is 2.74. The topological polar surface area (TPSA) is 42.2 Å². The minimum absolute atomic E-state index is 0.0292. The van der Waals surface area contributed by atoms with Crippen LogP contribution >= 0.6 is 0 Å². The highest BCUT2D eigenvalue weighted by atomic mass is 16.3. The molecule has 0 spiro atoms. The molecule has 0 aliphatic heterocycles. The summed E-state index contributed by atoms with van der Waals surface area (Å²) in [4.78, 5) is 12.2. The molecule has 1 amide bonds. The van der Waals surface area contributed by atoms with Crippen molar-refractivity contribution in [3.8, 4) is 11.1 Å². The second kappa shape index (κ2) is 7.64. The highest BCUT2D eigenvalue weighted by molar-refractivity contribution is 5.79. The summed E-state index contributed by atoms with van der Waals surface area (Å²) in [6, 6.07) is 22.2. The zero-order chi connectivity index (χ0) is 16.8. The van der Waals surface area contributed by atoms with Crippen LogP contribution in [0.4, 0.5) is 0 Å². The normalized spacial score (nSPS) is 11.9. The fraction of sp³-hybridized carbons (Fsp3) is 0.190. The maximum absolute atomic E-state index is 12.2. The van der Waals surface area contributed by atoms with Crippen LogP contribution in [0.25, 0.3) is 11.1 Å². The number of amides is 1. The monoisotopic (exact) mass is 319 g/mol. The van der Waals surface area contributed by atoms with Crippen LogP contribution in [-0.2, 0) is 17.6 Å². The largest absolute Gasteiger partial charge is 0.469 e. The Hall–Kier alpha value is -2.81. The first kappa shape index (κ1) is 16.1. The molecule has 0 radical (unpaired) electrons. The molecule has 1 unspecified atom stereocenters. The second-order valence-corrected chi connectivity index (χ2v) is 5.99. The summed E-state index contributed by atoms with van der Waals surface area (Å²) in [5, 5.41) is 3.01. The van der Waals surface area contributed by atoms with Gasteiger partial charge in [0.1, 0.15) is 5.76 Å². The molecule has 24 heavy (non-hydrogen) atoms. The molecule has 0 saturated heterocycles. The first-order valence-electron chi connectivity index (χ1n) is 8.17. The van der Waals surface area contributed by atoms with Crippen molar-refractivity contribution >= 4 is 5.91 Å². The van der Waals surface area contributed by atoms with E-state index in [2.05, 4.69) is 29.6 Å². The quantitative estimate of drug-likeness (QED) is 0.738. The van der Waals surface area contributed by atoms with Crippen molar-refractivity contribution in [3.05, 3.63) is 84.3 Å². The highest BCUT2D eigenvalue weighted by Crippen LogP contribution is 2.19. The maximum Gasteiger partial charge on any atom is 0.224 e. The molecular weight excluding hydrogens is 298 g/mol. The number of rotatable bonds is 6. The predicted octanol–water partition coefficient (Wildman–Crippen LogP) is 4.24. The molecule has 3 rings (SSSR count). The van der Waals surface area contributed by atoms with Crippen molar-refractivity contribution in [1.29, 1.82) is 0 Å². The number of hydrogen-bond donors (Lipinski definition) is 1. The molecule has 1 heterocycles. The van der Waals surface area contributed by atoms with Gasteiger partial charge in [-0.1, -0.05) is 54.6 Å². The van der Waals surface area contributed by atoms with Crippen LogP contribution in [0, 0.1) is 0 Å². The molecule has 1 N–H and O–H groups in total. The minimum Gasteiger partial charge on any atom is -0.469 e. The zero-order valence-corrected chi connectivity index (χ0v) is 13.7. The smallest absolute Gasteiger partial charge is 0.224 e. The SMILES string of the molecule is CC(Cc1ccco1)NC(=O)Cc1ccc(-c2ccccc2)cc1. The van der Waals surface area contributed by atoms with Gasteiger partial charge in [0, 0.05) is 12.5 Å². The van der Waals surface area contributed by atoms with Crippen LogP contribution in [0.2, 0.25) is 0 Å². The van der Waals surface area contributed by atoms with Gasteiger partial charge in [-0.3, -0.25) is 4.79 Å². The van der Waals surface area contributed by atoms with Crippen molar-refractivity contribution in [1.82, 2.24) is 5.32 Å². The van der Waals surface area contributed by atoms with Gasteiger partial charge in [0.15, 0.2) is 0 Å². The summed E-state index contributed by atoms with van der Waals surface area (Å²) >= 11 is 0. The Morgan fingerprint density at radius 1 is 0.958 bits per heavy atom. The van der Waals surface area contributed by atoms with Gasteiger partial charge in [0.2, 0.25) is 5.91 Å². The van der Waals surface area contributed by atoms with Crippen molar-refractivity contribution in [2.24, 2.45) is 0 Å². The predicted molar refractivity (Wildman–Crippen MR) is 95.6 cm³/mol. The third kappa shape index (κ3) is 4.35. The highest BCUT2D eigenvalue weighted by Gasteiger charge is 2.10. The van der Waals surface area contributed by atoms with Crippen LogP contribution < -0.4 is 5.32 Å². The fourth-order valence-electron chi connectivity index (χ4n) is 2.74. The van der Waals surface area contributed by atoms with Gasteiger partial charge in [-0.2, -0.15) is 0 Å². The van der Waals surface area contributed by atoms with Gasteiger partial charge in [-0.15, -0.1) is 0 Å². The Balaban J connectivity index is 1.54. The minimum atomic E-state index is 0.0292. The van der Waals surface area contributed by atoms with Crippen molar-refractivity contribution in [2.45, 2.75) is 25.8 Å². The van der Waals surface area contributed by atoms with Crippen LogP contribution in [0.15, 0.2) is 77.4 Å². The van der Waals surface area contributed by atoms with E-state index in [1.54, 1.807) is 6.26 Å². The number of carbonyl (C=O) groups is 1. The van der Waals surface area contributed by atoms with E-state index in [1.807, 2.05) is 49.4 Å². The number of benzene rings is 2. The number of hydrogen-bond acceptors (Lipinski definition) is 2. The average molecular weight is 319 g/mol. The molecule has 2 aromatic carbocycles. The van der Waals surface area contributed by atoms with E-state index >= 15 is 0 Å². The molecule has 0 bridgehead atoms. The molecule has 0 fully saturated rings. The third-order valence-electron chi connectivity index (χ3n) is 3.92. The maximum atomic E-state index is 12.2. The van der Waals surface area contributed by atoms with Crippen molar-refractivity contribution < 1.29 is 9.21 Å². The molecule has 0 aliphatic carbocycles. The lowest BCUT2D eigenvalue weighted by molar-refractivity contribution is -0.121. The molecule has 122 valence electrons. The van der Waals surface area contributed by atoms with Gasteiger partial charge in [0.25, 0.3) is 0 Å². The number of nitrogens with one attached hydrogen (secondary N) is 1. The standard InChI is InChI=1S/C21H21NO2/c1-16(14-20-8-5-13-24-20)22-21(23)15-17-9-11-19(12-10-17)18-6-3-2-4-7-18/h2-13,16H,14-15H2,1H3,(H,22,23). The van der Waals surface area contributed by atoms with E-state index in [0.717, 1.165) is 16.9 Å². The van der Waals surface area contributed by atoms with Crippen molar-refractivity contribution in [2.75, 3.05) is 0 Å². The van der Waals surface area contributed by atoms with Gasteiger partial charge in [-0.25, -0.2) is 0 Å². The Morgan fingerprint density at radius 2 is 1.67 bits per heavy atom. The van der Waals surface area contributed by atoms with Crippen LogP contribution in [0.5, 0.6) is 0 Å². The van der Waals surface area contributed by atoms with Crippen LogP contribution in [-0.4, -0.2) is 11.9 Å². The molecule has 3 heteroatoms. The zero-order valence-electron chi connectivity index (χ0n) is 13.7. The van der Waals surface area contributed by atoms with E-state index in [1.165, 1.54) is 5.56 Å². The van der Waals surface area contributed by atoms with E-state index in [9.17, 15) is 4.79 Å². The lowest BCUT2D eigenvalue weighted by Crippen LogP contribution is -2.35. The van der Waals surface area contributed by atoms with Gasteiger partial charge in [-0.05, 0) is 35.7 Å². The van der Waals surface area contributed by atoms with Gasteiger partial charge < -0.3 is 9.73 Å². The molecule has 1 aromatic heterocycles. The lowest BCUT2D eigenvalue weighted by Gasteiger charge is -2.12. The van der Waals surface area contributed by atoms with E-state index in [0.29, 0.717) is 12.8 Å². The number of carbonyl (C=O) groups excluding carboxylic acids is 1. The molecule has 1 atom stereocenters. The second-order valence-electron chi connectivity index (χ2n) is 5.99. The van der Waals surface area contributed by atoms with Crippen molar-refractivity contribution in [3.63, 3.8) is 0 Å². The summed E-state index contributed by atoms with van der Waals surface area (Å²) in [5.74, 6) is 0.913. The summed E-state index contributed by atoms with van der Waals surface area (Å²) in [7, 11) is 0. The summed E-state index contributed by atoms with van der Waals surface area (Å²) < 4.78 is 5.31. The molecule has 0 aliphatic rings. The van der Waals surface area contributed by atoms with Crippen LogP contribution in [0.1, 0.15) is 18.2 Å². The lowest BCUT2D eigenvalue weighted by atomic mass is 10.0. The summed E-state index contributed by atoms with van der Waals surface area (Å²) in [6.45, 7) is 1.99. The first-order valence-corrected chi connectivity index (χ1v) is 8.17. The molecule has 3 aromatic rings. The molecule has 3 nitrogen and oxygen atoms in total. The Kier molecular flexibility index (Phi) is 5.12. The number of furan rings is 1. The molecule has 0 saturated carbocycles. The van der Waals surface area contributed by atoms with Gasteiger partial charge >= 0.3 is 0 Å². The van der Waals surface area contributed by atoms with E-state index in [4.69, 9.17) is 4.42 Å². The Labute approximate surface area is 142 Å². The first-order chi connectivity index (χ1) is 11.7. The summed E-state index contributed by atoms with van der Waals surface area (Å²) in [5.41, 5.74) is 3.35. The van der Waals surface area contributed by atoms with Crippen LogP contribution in [0.3, 0.4) is 0 Å². The Bertz CT molecular complexity index is 761.